The highest BCUT2D eigenvalue weighted by molar-refractivity contribution is 8.03. The average molecular weight is 213 g/mol. The molecule has 0 bridgehead atoms. The minimum atomic E-state index is -0.527. The molecule has 0 spiro atoms. The molecule has 0 aliphatic carbocycles. The van der Waals surface area contributed by atoms with Crippen LogP contribution in [0.4, 0.5) is 0 Å². The Labute approximate surface area is 89.1 Å². The number of carbonyl (C=O) groups excluding carboxylic acids is 1. The molecule has 0 atom stereocenters. The molecule has 0 unspecified atom stereocenters. The molecule has 0 radical (unpaired) electrons. The van der Waals surface area contributed by atoms with Crippen molar-refractivity contribution >= 4 is 17.7 Å². The maximum atomic E-state index is 11.3. The third-order valence-electron chi connectivity index (χ3n) is 1.36. The van der Waals surface area contributed by atoms with Crippen LogP contribution in [0.15, 0.2) is 10.5 Å². The van der Waals surface area contributed by atoms with Crippen LogP contribution in [0.3, 0.4) is 0 Å². The SMILES string of the molecule is CCOC(=O)C(C#N)=C(C)SC(C)C. The molecule has 0 rings (SSSR count). The molecular formula is C10H15NO2S. The number of ether oxygens (including phenoxy) is 1. The van der Waals surface area contributed by atoms with E-state index in [-0.39, 0.29) is 5.57 Å². The van der Waals surface area contributed by atoms with Crippen molar-refractivity contribution in [3.05, 3.63) is 10.5 Å². The summed E-state index contributed by atoms with van der Waals surface area (Å²) in [5.74, 6) is -0.527. The molecule has 3 nitrogen and oxygen atoms in total. The molecule has 0 aliphatic heterocycles. The summed E-state index contributed by atoms with van der Waals surface area (Å²) in [5, 5.41) is 9.14. The highest BCUT2D eigenvalue weighted by atomic mass is 32.2. The highest BCUT2D eigenvalue weighted by Gasteiger charge is 2.14. The Balaban J connectivity index is 4.68. The fourth-order valence-electron chi connectivity index (χ4n) is 0.884. The molecule has 14 heavy (non-hydrogen) atoms. The average Bonchev–Trinajstić information content (AvgIpc) is 2.04. The Kier molecular flexibility index (Phi) is 6.06. The summed E-state index contributed by atoms with van der Waals surface area (Å²) < 4.78 is 4.76. The second-order valence-corrected chi connectivity index (χ2v) is 4.72. The number of nitriles is 1. The van der Waals surface area contributed by atoms with Crippen LogP contribution in [0.5, 0.6) is 0 Å². The van der Waals surface area contributed by atoms with E-state index in [1.165, 1.54) is 11.8 Å². The number of carbonyl (C=O) groups is 1. The van der Waals surface area contributed by atoms with Gasteiger partial charge in [0, 0.05) is 10.2 Å². The predicted molar refractivity (Wildman–Crippen MR) is 57.7 cm³/mol. The zero-order chi connectivity index (χ0) is 11.1. The van der Waals surface area contributed by atoms with E-state index in [4.69, 9.17) is 10.00 Å². The largest absolute Gasteiger partial charge is 0.462 e. The number of esters is 1. The van der Waals surface area contributed by atoms with E-state index in [1.54, 1.807) is 13.8 Å². The summed E-state index contributed by atoms with van der Waals surface area (Å²) in [6, 6.07) is 1.88. The molecule has 0 saturated carbocycles. The van der Waals surface area contributed by atoms with Crippen molar-refractivity contribution in [3.63, 3.8) is 0 Å². The predicted octanol–water partition coefficient (Wildman–Crippen LogP) is 2.49. The molecule has 0 fully saturated rings. The number of thioether (sulfide) groups is 1. The van der Waals surface area contributed by atoms with Crippen molar-refractivity contribution in [1.29, 1.82) is 5.26 Å². The lowest BCUT2D eigenvalue weighted by Gasteiger charge is -2.07. The lowest BCUT2D eigenvalue weighted by molar-refractivity contribution is -0.138. The van der Waals surface area contributed by atoms with Crippen molar-refractivity contribution in [2.24, 2.45) is 0 Å². The lowest BCUT2D eigenvalue weighted by Crippen LogP contribution is -2.08. The Hall–Kier alpha value is -0.950. The van der Waals surface area contributed by atoms with Gasteiger partial charge in [0.15, 0.2) is 0 Å². The van der Waals surface area contributed by atoms with Crippen LogP contribution < -0.4 is 0 Å². The van der Waals surface area contributed by atoms with Gasteiger partial charge in [-0.1, -0.05) is 13.8 Å². The van der Waals surface area contributed by atoms with E-state index in [1.807, 2.05) is 19.9 Å². The smallest absolute Gasteiger partial charge is 0.349 e. The maximum absolute atomic E-state index is 11.3. The highest BCUT2D eigenvalue weighted by Crippen LogP contribution is 2.24. The number of allylic oxidation sites excluding steroid dienone is 1. The zero-order valence-corrected chi connectivity index (χ0v) is 9.77. The van der Waals surface area contributed by atoms with Crippen LogP contribution in [0.25, 0.3) is 0 Å². The van der Waals surface area contributed by atoms with Gasteiger partial charge in [0.05, 0.1) is 6.61 Å². The molecule has 0 N–H and O–H groups in total. The minimum Gasteiger partial charge on any atom is -0.462 e. The summed E-state index contributed by atoms with van der Waals surface area (Å²) in [5.41, 5.74) is 0.116. The number of hydrogen-bond donors (Lipinski definition) is 0. The summed E-state index contributed by atoms with van der Waals surface area (Å²) in [6.07, 6.45) is 0. The van der Waals surface area contributed by atoms with Crippen LogP contribution in [0.1, 0.15) is 27.7 Å². The van der Waals surface area contributed by atoms with Gasteiger partial charge in [-0.15, -0.1) is 11.8 Å². The van der Waals surface area contributed by atoms with Gasteiger partial charge in [-0.05, 0) is 13.8 Å². The van der Waals surface area contributed by atoms with Gasteiger partial charge < -0.3 is 4.74 Å². The molecule has 78 valence electrons. The Morgan fingerprint density at radius 3 is 2.50 bits per heavy atom. The van der Waals surface area contributed by atoms with Crippen molar-refractivity contribution in [2.75, 3.05) is 6.61 Å². The Bertz CT molecular complexity index is 276. The first-order valence-electron chi connectivity index (χ1n) is 4.47. The van der Waals surface area contributed by atoms with Crippen LogP contribution in [-0.2, 0) is 9.53 Å². The van der Waals surface area contributed by atoms with Gasteiger partial charge in [0.1, 0.15) is 11.6 Å². The normalized spacial score (nSPS) is 12.0. The number of rotatable bonds is 4. The zero-order valence-electron chi connectivity index (χ0n) is 8.96. The molecule has 0 aromatic carbocycles. The number of hydrogen-bond acceptors (Lipinski definition) is 4. The van der Waals surface area contributed by atoms with Gasteiger partial charge in [-0.3, -0.25) is 0 Å². The summed E-state index contributed by atoms with van der Waals surface area (Å²) in [7, 11) is 0. The Morgan fingerprint density at radius 1 is 1.57 bits per heavy atom. The second kappa shape index (κ2) is 6.50. The van der Waals surface area contributed by atoms with E-state index in [2.05, 4.69) is 0 Å². The molecule has 0 aromatic rings. The minimum absolute atomic E-state index is 0.116. The van der Waals surface area contributed by atoms with Crippen molar-refractivity contribution < 1.29 is 9.53 Å². The molecule has 0 aliphatic rings. The van der Waals surface area contributed by atoms with E-state index < -0.39 is 5.97 Å². The van der Waals surface area contributed by atoms with E-state index in [9.17, 15) is 4.79 Å². The van der Waals surface area contributed by atoms with Crippen LogP contribution in [-0.4, -0.2) is 17.8 Å². The fourth-order valence-corrected chi connectivity index (χ4v) is 1.84. The maximum Gasteiger partial charge on any atom is 0.349 e. The van der Waals surface area contributed by atoms with Gasteiger partial charge in [-0.25, -0.2) is 4.79 Å². The molecule has 0 saturated heterocycles. The summed E-state index contributed by atoms with van der Waals surface area (Å²) in [6.45, 7) is 7.80. The van der Waals surface area contributed by atoms with Crippen molar-refractivity contribution in [3.8, 4) is 6.07 Å². The van der Waals surface area contributed by atoms with Crippen molar-refractivity contribution in [1.82, 2.24) is 0 Å². The first-order valence-corrected chi connectivity index (χ1v) is 5.35. The molecule has 0 amide bonds. The monoisotopic (exact) mass is 213 g/mol. The van der Waals surface area contributed by atoms with E-state index in [0.29, 0.717) is 11.9 Å². The van der Waals surface area contributed by atoms with Crippen molar-refractivity contribution in [2.45, 2.75) is 32.9 Å². The van der Waals surface area contributed by atoms with Crippen LogP contribution in [0.2, 0.25) is 0 Å². The van der Waals surface area contributed by atoms with E-state index >= 15 is 0 Å². The third kappa shape index (κ3) is 4.33. The number of nitrogens with zero attached hydrogens (tertiary/aromatic N) is 1. The molecular weight excluding hydrogens is 198 g/mol. The molecule has 0 heterocycles. The van der Waals surface area contributed by atoms with E-state index in [0.717, 1.165) is 4.91 Å². The Morgan fingerprint density at radius 2 is 2.14 bits per heavy atom. The first-order chi connectivity index (χ1) is 6.52. The van der Waals surface area contributed by atoms with Gasteiger partial charge in [0.2, 0.25) is 0 Å². The van der Waals surface area contributed by atoms with Gasteiger partial charge >= 0.3 is 5.97 Å². The van der Waals surface area contributed by atoms with Gasteiger partial charge in [0.25, 0.3) is 0 Å². The third-order valence-corrected chi connectivity index (χ3v) is 2.38. The standard InChI is InChI=1S/C10H15NO2S/c1-5-13-10(12)9(6-11)8(4)14-7(2)3/h7H,5H2,1-4H3. The first kappa shape index (κ1) is 13.1. The van der Waals surface area contributed by atoms with Crippen LogP contribution >= 0.6 is 11.8 Å². The fraction of sp³-hybridized carbons (Fsp3) is 0.600. The second-order valence-electron chi connectivity index (χ2n) is 2.93. The van der Waals surface area contributed by atoms with Gasteiger partial charge in [-0.2, -0.15) is 5.26 Å². The quantitative estimate of drug-likeness (QED) is 0.409. The van der Waals surface area contributed by atoms with Crippen LogP contribution in [0, 0.1) is 11.3 Å². The lowest BCUT2D eigenvalue weighted by atomic mass is 10.3. The summed E-state index contributed by atoms with van der Waals surface area (Å²) in [4.78, 5) is 12.0. The topological polar surface area (TPSA) is 50.1 Å². The molecule has 4 heteroatoms. The molecule has 0 aromatic heterocycles. The summed E-state index contributed by atoms with van der Waals surface area (Å²) >= 11 is 1.50.